The molecule has 0 fully saturated rings. The van der Waals surface area contributed by atoms with Gasteiger partial charge in [-0.15, -0.1) is 0 Å². The van der Waals surface area contributed by atoms with Gasteiger partial charge in [0.1, 0.15) is 5.75 Å². The van der Waals surface area contributed by atoms with Crippen molar-refractivity contribution in [3.8, 4) is 5.75 Å². The highest BCUT2D eigenvalue weighted by Gasteiger charge is 2.39. The van der Waals surface area contributed by atoms with Crippen molar-refractivity contribution >= 4 is 15.9 Å². The second kappa shape index (κ2) is 3.74. The summed E-state index contributed by atoms with van der Waals surface area (Å²) in [5, 5.41) is 0. The van der Waals surface area contributed by atoms with Crippen molar-refractivity contribution in [3.05, 3.63) is 27.2 Å². The second-order valence-corrected chi connectivity index (χ2v) is 5.99. The SMILES string of the molecule is COc1cc(C)c(Br)c2c1C(C)(C)CC2N. The molecule has 0 aromatic heterocycles. The lowest BCUT2D eigenvalue weighted by Gasteiger charge is -2.22. The summed E-state index contributed by atoms with van der Waals surface area (Å²) in [5.41, 5.74) is 10.00. The fourth-order valence-electron chi connectivity index (χ4n) is 2.75. The molecule has 0 saturated heterocycles. The van der Waals surface area contributed by atoms with Crippen LogP contribution in [-0.2, 0) is 5.41 Å². The van der Waals surface area contributed by atoms with Crippen molar-refractivity contribution in [2.45, 2.75) is 38.6 Å². The van der Waals surface area contributed by atoms with Gasteiger partial charge < -0.3 is 10.5 Å². The van der Waals surface area contributed by atoms with Gasteiger partial charge in [0.2, 0.25) is 0 Å². The van der Waals surface area contributed by atoms with Crippen LogP contribution in [0.15, 0.2) is 10.5 Å². The minimum absolute atomic E-state index is 0.0936. The Hall–Kier alpha value is -0.540. The standard InChI is InChI=1S/C13H18BrNO/c1-7-5-9(16-4)11-10(12(7)14)8(15)6-13(11,2)3/h5,8H,6,15H2,1-4H3. The number of benzene rings is 1. The van der Waals surface area contributed by atoms with E-state index in [-0.39, 0.29) is 11.5 Å². The Morgan fingerprint density at radius 2 is 2.12 bits per heavy atom. The van der Waals surface area contributed by atoms with E-state index in [0.29, 0.717) is 0 Å². The van der Waals surface area contributed by atoms with Crippen LogP contribution in [0.25, 0.3) is 0 Å². The van der Waals surface area contributed by atoms with Crippen LogP contribution in [0.4, 0.5) is 0 Å². The maximum Gasteiger partial charge on any atom is 0.123 e. The van der Waals surface area contributed by atoms with Crippen molar-refractivity contribution < 1.29 is 4.74 Å². The Morgan fingerprint density at radius 1 is 1.50 bits per heavy atom. The zero-order valence-corrected chi connectivity index (χ0v) is 11.8. The molecule has 1 aliphatic carbocycles. The lowest BCUT2D eigenvalue weighted by molar-refractivity contribution is 0.392. The monoisotopic (exact) mass is 283 g/mol. The molecule has 0 heterocycles. The molecule has 0 radical (unpaired) electrons. The molecule has 3 heteroatoms. The fraction of sp³-hybridized carbons (Fsp3) is 0.538. The van der Waals surface area contributed by atoms with Gasteiger partial charge in [-0.1, -0.05) is 29.8 Å². The van der Waals surface area contributed by atoms with Gasteiger partial charge >= 0.3 is 0 Å². The molecular weight excluding hydrogens is 266 g/mol. The van der Waals surface area contributed by atoms with Crippen LogP contribution in [0.1, 0.15) is 43.0 Å². The molecule has 0 spiro atoms. The second-order valence-electron chi connectivity index (χ2n) is 5.19. The minimum atomic E-state index is 0.0936. The first-order valence-corrected chi connectivity index (χ1v) is 6.31. The van der Waals surface area contributed by atoms with Crippen LogP contribution >= 0.6 is 15.9 Å². The summed E-state index contributed by atoms with van der Waals surface area (Å²) in [6, 6.07) is 2.19. The Morgan fingerprint density at radius 3 is 2.69 bits per heavy atom. The van der Waals surface area contributed by atoms with Gasteiger partial charge in [0.25, 0.3) is 0 Å². The van der Waals surface area contributed by atoms with Crippen LogP contribution in [0.5, 0.6) is 5.75 Å². The zero-order chi connectivity index (χ0) is 12.1. The molecule has 1 aromatic rings. The van der Waals surface area contributed by atoms with E-state index in [4.69, 9.17) is 10.5 Å². The number of methoxy groups -OCH3 is 1. The molecule has 0 amide bonds. The number of rotatable bonds is 1. The Bertz CT molecular complexity index is 440. The van der Waals surface area contributed by atoms with E-state index in [1.54, 1.807) is 7.11 Å². The predicted octanol–water partition coefficient (Wildman–Crippen LogP) is 3.45. The lowest BCUT2D eigenvalue weighted by Crippen LogP contribution is -2.15. The maximum absolute atomic E-state index is 6.23. The fourth-order valence-corrected chi connectivity index (χ4v) is 3.35. The summed E-state index contributed by atoms with van der Waals surface area (Å²) in [4.78, 5) is 0. The van der Waals surface area contributed by atoms with E-state index in [2.05, 4.69) is 42.8 Å². The Labute approximate surface area is 105 Å². The van der Waals surface area contributed by atoms with E-state index in [0.717, 1.165) is 16.6 Å². The normalized spacial score (nSPS) is 22.0. The highest BCUT2D eigenvalue weighted by molar-refractivity contribution is 9.10. The predicted molar refractivity (Wildman–Crippen MR) is 70.0 cm³/mol. The van der Waals surface area contributed by atoms with Gasteiger partial charge in [-0.25, -0.2) is 0 Å². The number of nitrogens with two attached hydrogens (primary N) is 1. The maximum atomic E-state index is 6.23. The van der Waals surface area contributed by atoms with Gasteiger partial charge in [-0.2, -0.15) is 0 Å². The first-order chi connectivity index (χ1) is 7.38. The quantitative estimate of drug-likeness (QED) is 0.857. The number of halogens is 1. The first-order valence-electron chi connectivity index (χ1n) is 5.51. The molecule has 0 saturated carbocycles. The van der Waals surface area contributed by atoms with Crippen molar-refractivity contribution in [3.63, 3.8) is 0 Å². The third-order valence-corrected chi connectivity index (χ3v) is 4.50. The van der Waals surface area contributed by atoms with Crippen LogP contribution in [0, 0.1) is 6.92 Å². The van der Waals surface area contributed by atoms with Gasteiger partial charge in [0.05, 0.1) is 7.11 Å². The molecule has 0 aliphatic heterocycles. The topological polar surface area (TPSA) is 35.2 Å². The van der Waals surface area contributed by atoms with E-state index in [1.807, 2.05) is 0 Å². The van der Waals surface area contributed by atoms with Crippen molar-refractivity contribution in [2.75, 3.05) is 7.11 Å². The number of ether oxygens (including phenoxy) is 1. The van der Waals surface area contributed by atoms with Crippen LogP contribution in [0.2, 0.25) is 0 Å². The summed E-state index contributed by atoms with van der Waals surface area (Å²) in [7, 11) is 1.73. The molecular formula is C13H18BrNO. The Kier molecular flexibility index (Phi) is 2.79. The number of fused-ring (bicyclic) bond motifs is 1. The minimum Gasteiger partial charge on any atom is -0.496 e. The summed E-state index contributed by atoms with van der Waals surface area (Å²) in [5.74, 6) is 0.966. The van der Waals surface area contributed by atoms with E-state index in [1.165, 1.54) is 16.7 Å². The van der Waals surface area contributed by atoms with Crippen molar-refractivity contribution in [1.82, 2.24) is 0 Å². The number of hydrogen-bond donors (Lipinski definition) is 1. The molecule has 0 bridgehead atoms. The number of hydrogen-bond acceptors (Lipinski definition) is 2. The zero-order valence-electron chi connectivity index (χ0n) is 10.2. The first kappa shape index (κ1) is 11.9. The molecule has 1 aliphatic rings. The molecule has 16 heavy (non-hydrogen) atoms. The van der Waals surface area contributed by atoms with Gasteiger partial charge in [-0.05, 0) is 36.0 Å². The summed E-state index contributed by atoms with van der Waals surface area (Å²) < 4.78 is 6.64. The molecule has 1 atom stereocenters. The summed E-state index contributed by atoms with van der Waals surface area (Å²) in [6.07, 6.45) is 0.973. The largest absolute Gasteiger partial charge is 0.496 e. The van der Waals surface area contributed by atoms with Gasteiger partial charge in [0.15, 0.2) is 0 Å². The Balaban J connectivity index is 2.77. The third-order valence-electron chi connectivity index (χ3n) is 3.44. The summed E-state index contributed by atoms with van der Waals surface area (Å²) in [6.45, 7) is 6.52. The van der Waals surface area contributed by atoms with Crippen LogP contribution in [-0.4, -0.2) is 7.11 Å². The van der Waals surface area contributed by atoms with Crippen molar-refractivity contribution in [2.24, 2.45) is 5.73 Å². The van der Waals surface area contributed by atoms with Crippen molar-refractivity contribution in [1.29, 1.82) is 0 Å². The van der Waals surface area contributed by atoms with Gasteiger partial charge in [0, 0.05) is 16.1 Å². The van der Waals surface area contributed by atoms with E-state index in [9.17, 15) is 0 Å². The van der Waals surface area contributed by atoms with Crippen LogP contribution in [0.3, 0.4) is 0 Å². The summed E-state index contributed by atoms with van der Waals surface area (Å²) >= 11 is 3.65. The number of aryl methyl sites for hydroxylation is 1. The average molecular weight is 284 g/mol. The molecule has 1 unspecified atom stereocenters. The molecule has 2 N–H and O–H groups in total. The van der Waals surface area contributed by atoms with Gasteiger partial charge in [-0.3, -0.25) is 0 Å². The molecule has 88 valence electrons. The highest BCUT2D eigenvalue weighted by Crippen LogP contribution is 2.51. The smallest absolute Gasteiger partial charge is 0.123 e. The van der Waals surface area contributed by atoms with Crippen LogP contribution < -0.4 is 10.5 Å². The third kappa shape index (κ3) is 1.57. The van der Waals surface area contributed by atoms with E-state index < -0.39 is 0 Å². The lowest BCUT2D eigenvalue weighted by atomic mass is 9.85. The molecule has 2 nitrogen and oxygen atoms in total. The highest BCUT2D eigenvalue weighted by atomic mass is 79.9. The average Bonchev–Trinajstić information content (AvgIpc) is 2.43. The molecule has 2 rings (SSSR count). The molecule has 1 aromatic carbocycles. The van der Waals surface area contributed by atoms with E-state index >= 15 is 0 Å².